The van der Waals surface area contributed by atoms with Crippen LogP contribution in [-0.2, 0) is 4.79 Å². The monoisotopic (exact) mass is 331 g/mol. The summed E-state index contributed by atoms with van der Waals surface area (Å²) in [7, 11) is 0. The Labute approximate surface area is 140 Å². The minimum Gasteiger partial charge on any atom is -0.332 e. The zero-order valence-corrected chi connectivity index (χ0v) is 14.0. The molecule has 0 spiro atoms. The minimum atomic E-state index is -0.349. The van der Waals surface area contributed by atoms with E-state index in [0.717, 1.165) is 32.2 Å². The molecule has 1 amide bonds. The molecule has 2 heterocycles. The lowest BCUT2D eigenvalue weighted by molar-refractivity contribution is -0.139. The number of hydrogen-bond acceptors (Lipinski definition) is 4. The highest BCUT2D eigenvalue weighted by atomic mass is 19.1. The SMILES string of the molecule is CCC(C)C(=O)N1CCCCC1c1nnn(-c2cccc(F)c2)n1. The van der Waals surface area contributed by atoms with Gasteiger partial charge in [0.25, 0.3) is 0 Å². The topological polar surface area (TPSA) is 63.9 Å². The van der Waals surface area contributed by atoms with Gasteiger partial charge in [0.15, 0.2) is 5.82 Å². The molecule has 0 bridgehead atoms. The Morgan fingerprint density at radius 3 is 3.00 bits per heavy atom. The Kier molecular flexibility index (Phi) is 4.87. The van der Waals surface area contributed by atoms with Gasteiger partial charge < -0.3 is 4.90 Å². The van der Waals surface area contributed by atoms with Crippen LogP contribution in [0.4, 0.5) is 4.39 Å². The van der Waals surface area contributed by atoms with Crippen molar-refractivity contribution in [2.75, 3.05) is 6.54 Å². The number of halogens is 1. The maximum absolute atomic E-state index is 13.4. The normalized spacial score (nSPS) is 19.3. The van der Waals surface area contributed by atoms with Gasteiger partial charge in [-0.3, -0.25) is 4.79 Å². The first-order valence-electron chi connectivity index (χ1n) is 8.46. The van der Waals surface area contributed by atoms with E-state index < -0.39 is 0 Å². The van der Waals surface area contributed by atoms with Gasteiger partial charge in [0, 0.05) is 18.5 Å². The van der Waals surface area contributed by atoms with E-state index in [1.165, 1.54) is 16.9 Å². The first kappa shape index (κ1) is 16.5. The summed E-state index contributed by atoms with van der Waals surface area (Å²) in [5, 5.41) is 12.6. The number of hydrogen-bond donors (Lipinski definition) is 0. The van der Waals surface area contributed by atoms with Crippen molar-refractivity contribution in [2.24, 2.45) is 5.92 Å². The summed E-state index contributed by atoms with van der Waals surface area (Å²) >= 11 is 0. The summed E-state index contributed by atoms with van der Waals surface area (Å²) in [6, 6.07) is 5.90. The van der Waals surface area contributed by atoms with Gasteiger partial charge in [-0.1, -0.05) is 19.9 Å². The average molecular weight is 331 g/mol. The van der Waals surface area contributed by atoms with Crippen LogP contribution in [0.3, 0.4) is 0 Å². The molecule has 2 aromatic rings. The van der Waals surface area contributed by atoms with Crippen molar-refractivity contribution in [1.82, 2.24) is 25.1 Å². The predicted molar refractivity (Wildman–Crippen MR) is 86.9 cm³/mol. The zero-order valence-electron chi connectivity index (χ0n) is 14.0. The fourth-order valence-corrected chi connectivity index (χ4v) is 2.99. The molecule has 1 aliphatic heterocycles. The smallest absolute Gasteiger partial charge is 0.226 e. The number of likely N-dealkylation sites (tertiary alicyclic amines) is 1. The molecule has 3 rings (SSSR count). The number of benzene rings is 1. The fourth-order valence-electron chi connectivity index (χ4n) is 2.99. The van der Waals surface area contributed by atoms with Crippen molar-refractivity contribution < 1.29 is 9.18 Å². The molecule has 0 aliphatic carbocycles. The molecule has 2 unspecified atom stereocenters. The van der Waals surface area contributed by atoms with E-state index in [9.17, 15) is 9.18 Å². The Morgan fingerprint density at radius 1 is 1.42 bits per heavy atom. The lowest BCUT2D eigenvalue weighted by atomic mass is 9.98. The number of amides is 1. The van der Waals surface area contributed by atoms with Gasteiger partial charge in [-0.25, -0.2) is 4.39 Å². The standard InChI is InChI=1S/C17H22FN5O/c1-3-12(2)17(24)22-10-5-4-9-15(22)16-19-21-23(20-16)14-8-6-7-13(18)11-14/h6-8,11-12,15H,3-5,9-10H2,1-2H3. The van der Waals surface area contributed by atoms with Crippen molar-refractivity contribution in [3.63, 3.8) is 0 Å². The van der Waals surface area contributed by atoms with Gasteiger partial charge in [0.2, 0.25) is 5.91 Å². The molecule has 1 aromatic heterocycles. The van der Waals surface area contributed by atoms with Gasteiger partial charge in [-0.2, -0.15) is 0 Å². The summed E-state index contributed by atoms with van der Waals surface area (Å²) in [5.74, 6) is 0.307. The lowest BCUT2D eigenvalue weighted by Crippen LogP contribution is -2.41. The third-order valence-electron chi connectivity index (χ3n) is 4.59. The highest BCUT2D eigenvalue weighted by Crippen LogP contribution is 2.30. The number of carbonyl (C=O) groups excluding carboxylic acids is 1. The van der Waals surface area contributed by atoms with E-state index in [1.54, 1.807) is 12.1 Å². The van der Waals surface area contributed by atoms with Crippen LogP contribution in [0.5, 0.6) is 0 Å². The molecule has 7 heteroatoms. The van der Waals surface area contributed by atoms with Crippen LogP contribution in [-0.4, -0.2) is 37.6 Å². The van der Waals surface area contributed by atoms with E-state index in [0.29, 0.717) is 11.5 Å². The second-order valence-electron chi connectivity index (χ2n) is 6.27. The van der Waals surface area contributed by atoms with Crippen LogP contribution >= 0.6 is 0 Å². The molecule has 1 fully saturated rings. The summed E-state index contributed by atoms with van der Waals surface area (Å²) in [6.45, 7) is 4.69. The summed E-state index contributed by atoms with van der Waals surface area (Å²) in [4.78, 5) is 15.8. The predicted octanol–water partition coefficient (Wildman–Crippen LogP) is 2.90. The molecule has 128 valence electrons. The number of aromatic nitrogens is 4. The molecule has 1 saturated heterocycles. The number of piperidine rings is 1. The van der Waals surface area contributed by atoms with Crippen LogP contribution in [0.1, 0.15) is 51.4 Å². The van der Waals surface area contributed by atoms with Crippen molar-refractivity contribution in [3.8, 4) is 5.69 Å². The lowest BCUT2D eigenvalue weighted by Gasteiger charge is -2.35. The molecular formula is C17H22FN5O. The van der Waals surface area contributed by atoms with Crippen LogP contribution in [0.15, 0.2) is 24.3 Å². The highest BCUT2D eigenvalue weighted by molar-refractivity contribution is 5.78. The third kappa shape index (κ3) is 3.29. The van der Waals surface area contributed by atoms with E-state index >= 15 is 0 Å². The van der Waals surface area contributed by atoms with Gasteiger partial charge in [0.05, 0.1) is 11.7 Å². The van der Waals surface area contributed by atoms with Crippen LogP contribution < -0.4 is 0 Å². The molecule has 24 heavy (non-hydrogen) atoms. The molecule has 6 nitrogen and oxygen atoms in total. The Balaban J connectivity index is 1.85. The minimum absolute atomic E-state index is 0.0103. The fraction of sp³-hybridized carbons (Fsp3) is 0.529. The van der Waals surface area contributed by atoms with E-state index in [-0.39, 0.29) is 23.7 Å². The van der Waals surface area contributed by atoms with Crippen LogP contribution in [0.25, 0.3) is 5.69 Å². The number of rotatable bonds is 4. The van der Waals surface area contributed by atoms with E-state index in [4.69, 9.17) is 0 Å². The largest absolute Gasteiger partial charge is 0.332 e. The van der Waals surface area contributed by atoms with Crippen LogP contribution in [0.2, 0.25) is 0 Å². The molecular weight excluding hydrogens is 309 g/mol. The van der Waals surface area contributed by atoms with Crippen molar-refractivity contribution in [3.05, 3.63) is 35.9 Å². The van der Waals surface area contributed by atoms with Gasteiger partial charge in [-0.05, 0) is 43.0 Å². The third-order valence-corrected chi connectivity index (χ3v) is 4.59. The van der Waals surface area contributed by atoms with Crippen molar-refractivity contribution in [1.29, 1.82) is 0 Å². The van der Waals surface area contributed by atoms with Gasteiger partial charge in [0.1, 0.15) is 5.82 Å². The second kappa shape index (κ2) is 7.07. The summed E-state index contributed by atoms with van der Waals surface area (Å²) < 4.78 is 13.4. The number of tetrazole rings is 1. The molecule has 0 radical (unpaired) electrons. The molecule has 1 aliphatic rings. The van der Waals surface area contributed by atoms with Gasteiger partial charge >= 0.3 is 0 Å². The molecule has 0 N–H and O–H groups in total. The van der Waals surface area contributed by atoms with E-state index in [1.807, 2.05) is 18.7 Å². The second-order valence-corrected chi connectivity index (χ2v) is 6.27. The molecule has 1 aromatic carbocycles. The van der Waals surface area contributed by atoms with Crippen molar-refractivity contribution in [2.45, 2.75) is 45.6 Å². The maximum Gasteiger partial charge on any atom is 0.226 e. The van der Waals surface area contributed by atoms with E-state index in [2.05, 4.69) is 15.4 Å². The highest BCUT2D eigenvalue weighted by Gasteiger charge is 2.32. The first-order valence-corrected chi connectivity index (χ1v) is 8.46. The first-order chi connectivity index (χ1) is 11.6. The summed E-state index contributed by atoms with van der Waals surface area (Å²) in [6.07, 6.45) is 3.67. The molecule has 2 atom stereocenters. The van der Waals surface area contributed by atoms with Crippen molar-refractivity contribution >= 4 is 5.91 Å². The van der Waals surface area contributed by atoms with Crippen LogP contribution in [0, 0.1) is 11.7 Å². The summed E-state index contributed by atoms with van der Waals surface area (Å²) in [5.41, 5.74) is 0.518. The number of carbonyl (C=O) groups is 1. The molecule has 0 saturated carbocycles. The quantitative estimate of drug-likeness (QED) is 0.864. The number of nitrogens with zero attached hydrogens (tertiary/aromatic N) is 5. The Bertz CT molecular complexity index is 717. The maximum atomic E-state index is 13.4. The average Bonchev–Trinajstić information content (AvgIpc) is 3.10. The Morgan fingerprint density at radius 2 is 2.25 bits per heavy atom. The van der Waals surface area contributed by atoms with Gasteiger partial charge in [-0.15, -0.1) is 15.0 Å². The zero-order chi connectivity index (χ0) is 17.1. The Hall–Kier alpha value is -2.31.